The van der Waals surface area contributed by atoms with Crippen LogP contribution < -0.4 is 0 Å². The smallest absolute Gasteiger partial charge is 0.186 e. The Balaban J connectivity index is 1.94. The van der Waals surface area contributed by atoms with Gasteiger partial charge in [0, 0.05) is 5.92 Å². The second kappa shape index (κ2) is 7.68. The first kappa shape index (κ1) is 19.0. The highest BCUT2D eigenvalue weighted by molar-refractivity contribution is 4.91. The minimum absolute atomic E-state index is 0.196. The zero-order valence-corrected chi connectivity index (χ0v) is 13.1. The molecule has 0 saturated carbocycles. The van der Waals surface area contributed by atoms with Crippen molar-refractivity contribution in [3.63, 3.8) is 0 Å². The van der Waals surface area contributed by atoms with Crippen molar-refractivity contribution in [2.24, 2.45) is 5.92 Å². The fourth-order valence-corrected chi connectivity index (χ4v) is 2.82. The van der Waals surface area contributed by atoms with Crippen molar-refractivity contribution in [2.45, 2.75) is 69.0 Å². The minimum atomic E-state index is -1.53. The van der Waals surface area contributed by atoms with Crippen LogP contribution in [0.25, 0.3) is 0 Å². The maximum atomic E-state index is 10.0. The molecule has 0 aromatic rings. The normalized spacial score (nSPS) is 51.7. The summed E-state index contributed by atoms with van der Waals surface area (Å²) in [5.41, 5.74) is 0. The molecular weight excluding hydrogens is 312 g/mol. The molecule has 0 spiro atoms. The third kappa shape index (κ3) is 3.84. The number of aliphatic hydroxyl groups excluding tert-OH is 6. The van der Waals surface area contributed by atoms with Gasteiger partial charge in [-0.15, -0.1) is 0 Å². The standard InChI is InChI=1S/C14H26O9/c1-5-6(2)22-8(11(18)9(5)16)4-21-14-13(20)12(19)10(17)7(3-15)23-14/h5-20H,3-4H2,1-2H3/t5?,6-,7?,8?,9+,10-,11-,12-,13?,14+/m0/s1. The highest BCUT2D eigenvalue weighted by atomic mass is 16.7. The molecule has 0 bridgehead atoms. The predicted octanol–water partition coefficient (Wildman–Crippen LogP) is -3.05. The maximum Gasteiger partial charge on any atom is 0.186 e. The first-order valence-electron chi connectivity index (χ1n) is 7.71. The summed E-state index contributed by atoms with van der Waals surface area (Å²) in [5.74, 6) is -0.242. The van der Waals surface area contributed by atoms with E-state index in [0.29, 0.717) is 0 Å². The van der Waals surface area contributed by atoms with Crippen LogP contribution in [-0.2, 0) is 14.2 Å². The van der Waals surface area contributed by atoms with E-state index in [2.05, 4.69) is 0 Å². The molecule has 10 atom stereocenters. The Labute approximate surface area is 134 Å². The molecule has 2 heterocycles. The zero-order valence-electron chi connectivity index (χ0n) is 13.1. The van der Waals surface area contributed by atoms with E-state index in [4.69, 9.17) is 19.3 Å². The van der Waals surface area contributed by atoms with Gasteiger partial charge in [0.05, 0.1) is 25.4 Å². The molecule has 23 heavy (non-hydrogen) atoms. The van der Waals surface area contributed by atoms with Crippen LogP contribution in [0.1, 0.15) is 13.8 Å². The van der Waals surface area contributed by atoms with Gasteiger partial charge in [0.1, 0.15) is 36.6 Å². The number of rotatable bonds is 4. The number of hydrogen-bond donors (Lipinski definition) is 6. The third-order valence-corrected chi connectivity index (χ3v) is 4.67. The Bertz CT molecular complexity index is 379. The quantitative estimate of drug-likeness (QED) is 0.314. The number of ether oxygens (including phenoxy) is 3. The van der Waals surface area contributed by atoms with Gasteiger partial charge >= 0.3 is 0 Å². The fourth-order valence-electron chi connectivity index (χ4n) is 2.82. The molecule has 136 valence electrons. The lowest BCUT2D eigenvalue weighted by Gasteiger charge is -2.42. The van der Waals surface area contributed by atoms with E-state index in [-0.39, 0.29) is 18.6 Å². The average molecular weight is 338 g/mol. The second-order valence-corrected chi connectivity index (χ2v) is 6.25. The van der Waals surface area contributed by atoms with Crippen molar-refractivity contribution >= 4 is 0 Å². The summed E-state index contributed by atoms with van der Waals surface area (Å²) >= 11 is 0. The number of aliphatic hydroxyl groups is 6. The third-order valence-electron chi connectivity index (χ3n) is 4.67. The molecule has 2 aliphatic rings. The van der Waals surface area contributed by atoms with E-state index in [9.17, 15) is 25.5 Å². The predicted molar refractivity (Wildman–Crippen MR) is 75.2 cm³/mol. The first-order chi connectivity index (χ1) is 10.8. The Morgan fingerprint density at radius 3 is 2.00 bits per heavy atom. The molecule has 2 saturated heterocycles. The van der Waals surface area contributed by atoms with Crippen LogP contribution in [0, 0.1) is 5.92 Å². The van der Waals surface area contributed by atoms with E-state index in [1.54, 1.807) is 13.8 Å². The fraction of sp³-hybridized carbons (Fsp3) is 1.00. The molecule has 6 N–H and O–H groups in total. The molecule has 2 rings (SSSR count). The molecule has 4 unspecified atom stereocenters. The molecule has 9 heteroatoms. The highest BCUT2D eigenvalue weighted by Crippen LogP contribution is 2.27. The summed E-state index contributed by atoms with van der Waals surface area (Å²) in [6.07, 6.45) is -10.1. The summed E-state index contributed by atoms with van der Waals surface area (Å²) in [4.78, 5) is 0. The summed E-state index contributed by atoms with van der Waals surface area (Å²) in [6, 6.07) is 0. The topological polar surface area (TPSA) is 149 Å². The van der Waals surface area contributed by atoms with Crippen LogP contribution >= 0.6 is 0 Å². The van der Waals surface area contributed by atoms with E-state index >= 15 is 0 Å². The van der Waals surface area contributed by atoms with Crippen LogP contribution in [0.5, 0.6) is 0 Å². The lowest BCUT2D eigenvalue weighted by Crippen LogP contribution is -2.60. The van der Waals surface area contributed by atoms with Gasteiger partial charge < -0.3 is 44.8 Å². The Morgan fingerprint density at radius 1 is 0.783 bits per heavy atom. The van der Waals surface area contributed by atoms with Crippen molar-refractivity contribution in [1.29, 1.82) is 0 Å². The second-order valence-electron chi connectivity index (χ2n) is 6.25. The van der Waals surface area contributed by atoms with Gasteiger partial charge in [-0.3, -0.25) is 0 Å². The molecule has 2 aliphatic heterocycles. The van der Waals surface area contributed by atoms with Gasteiger partial charge in [-0.1, -0.05) is 6.92 Å². The van der Waals surface area contributed by atoms with Crippen LogP contribution in [0.15, 0.2) is 0 Å². The van der Waals surface area contributed by atoms with Crippen molar-refractivity contribution in [3.8, 4) is 0 Å². The minimum Gasteiger partial charge on any atom is -0.394 e. The molecule has 0 aromatic carbocycles. The molecule has 0 aliphatic carbocycles. The lowest BCUT2D eigenvalue weighted by molar-refractivity contribution is -0.312. The maximum absolute atomic E-state index is 10.0. The molecule has 9 nitrogen and oxygen atoms in total. The SMILES string of the molecule is CC1[C@H](C)OC(CO[C@@H]2OC(CO)[C@H](O)[C@H](O)C2O)[C@H](O)[C@@H]1O. The van der Waals surface area contributed by atoms with Gasteiger partial charge in [-0.25, -0.2) is 0 Å². The van der Waals surface area contributed by atoms with Gasteiger partial charge in [0.15, 0.2) is 6.29 Å². The Kier molecular flexibility index (Phi) is 6.34. The lowest BCUT2D eigenvalue weighted by atomic mass is 9.89. The van der Waals surface area contributed by atoms with E-state index in [1.807, 2.05) is 0 Å². The molecular formula is C14H26O9. The number of hydrogen-bond acceptors (Lipinski definition) is 9. The Hall–Kier alpha value is -0.360. The summed E-state index contributed by atoms with van der Waals surface area (Å²) < 4.78 is 16.1. The van der Waals surface area contributed by atoms with E-state index < -0.39 is 55.6 Å². The van der Waals surface area contributed by atoms with Gasteiger partial charge in [-0.05, 0) is 6.92 Å². The van der Waals surface area contributed by atoms with Crippen LogP contribution in [0.4, 0.5) is 0 Å². The largest absolute Gasteiger partial charge is 0.394 e. The van der Waals surface area contributed by atoms with Gasteiger partial charge in [0.2, 0.25) is 0 Å². The summed E-state index contributed by atoms with van der Waals surface area (Å²) in [5, 5.41) is 58.3. The average Bonchev–Trinajstić information content (AvgIpc) is 2.54. The summed E-state index contributed by atoms with van der Waals surface area (Å²) in [7, 11) is 0. The van der Waals surface area contributed by atoms with E-state index in [1.165, 1.54) is 0 Å². The van der Waals surface area contributed by atoms with Crippen molar-refractivity contribution < 1.29 is 44.8 Å². The zero-order chi connectivity index (χ0) is 17.3. The monoisotopic (exact) mass is 338 g/mol. The van der Waals surface area contributed by atoms with Crippen LogP contribution in [0.2, 0.25) is 0 Å². The van der Waals surface area contributed by atoms with Crippen LogP contribution in [-0.4, -0.2) is 99.0 Å². The highest BCUT2D eigenvalue weighted by Gasteiger charge is 2.45. The van der Waals surface area contributed by atoms with Crippen LogP contribution in [0.3, 0.4) is 0 Å². The first-order valence-corrected chi connectivity index (χ1v) is 7.71. The van der Waals surface area contributed by atoms with Gasteiger partial charge in [-0.2, -0.15) is 0 Å². The molecule has 2 fully saturated rings. The molecule has 0 aromatic heterocycles. The van der Waals surface area contributed by atoms with Gasteiger partial charge in [0.25, 0.3) is 0 Å². The molecule has 0 amide bonds. The molecule has 0 radical (unpaired) electrons. The van der Waals surface area contributed by atoms with Crippen molar-refractivity contribution in [3.05, 3.63) is 0 Å². The van der Waals surface area contributed by atoms with Crippen molar-refractivity contribution in [2.75, 3.05) is 13.2 Å². The van der Waals surface area contributed by atoms with E-state index in [0.717, 1.165) is 0 Å². The Morgan fingerprint density at radius 2 is 1.39 bits per heavy atom. The summed E-state index contributed by atoms with van der Waals surface area (Å²) in [6.45, 7) is 2.77. The van der Waals surface area contributed by atoms with Crippen molar-refractivity contribution in [1.82, 2.24) is 0 Å².